The molecule has 0 aliphatic carbocycles. The first kappa shape index (κ1) is 17.5. The molecule has 1 amide bonds. The quantitative estimate of drug-likeness (QED) is 0.738. The van der Waals surface area contributed by atoms with Gasteiger partial charge >= 0.3 is 0 Å². The van der Waals surface area contributed by atoms with Crippen LogP contribution in [-0.2, 0) is 6.42 Å². The smallest absolute Gasteiger partial charge is 0.251 e. The number of rotatable bonds is 4. The number of fused-ring (bicyclic) bond motifs is 2. The first-order chi connectivity index (χ1) is 14.2. The van der Waals surface area contributed by atoms with Gasteiger partial charge in [-0.15, -0.1) is 0 Å². The summed E-state index contributed by atoms with van der Waals surface area (Å²) < 4.78 is 30.8. The van der Waals surface area contributed by atoms with Crippen molar-refractivity contribution in [3.63, 3.8) is 0 Å². The van der Waals surface area contributed by atoms with E-state index in [4.69, 9.17) is 14.2 Å². The summed E-state index contributed by atoms with van der Waals surface area (Å²) >= 11 is 0. The zero-order chi connectivity index (χ0) is 19.8. The van der Waals surface area contributed by atoms with Crippen LogP contribution in [0.2, 0.25) is 0 Å². The Hall–Kier alpha value is -3.61. The predicted molar refractivity (Wildman–Crippen MR) is 103 cm³/mol. The van der Waals surface area contributed by atoms with Crippen LogP contribution in [0.1, 0.15) is 15.9 Å². The lowest BCUT2D eigenvalue weighted by Gasteiger charge is -2.12. The van der Waals surface area contributed by atoms with Gasteiger partial charge in [-0.1, -0.05) is 6.07 Å². The highest BCUT2D eigenvalue weighted by molar-refractivity contribution is 5.95. The molecular weight excluding hydrogens is 375 g/mol. The van der Waals surface area contributed by atoms with Crippen LogP contribution in [0.4, 0.5) is 4.39 Å². The number of benzene rings is 2. The molecule has 1 aromatic heterocycles. The number of nitrogens with one attached hydrogen (secondary N) is 1. The molecule has 5 rings (SSSR count). The molecule has 0 bridgehead atoms. The fourth-order valence-electron chi connectivity index (χ4n) is 3.55. The molecule has 0 spiro atoms. The highest BCUT2D eigenvalue weighted by atomic mass is 19.1. The van der Waals surface area contributed by atoms with Gasteiger partial charge in [0.25, 0.3) is 5.91 Å². The first-order valence-corrected chi connectivity index (χ1v) is 9.25. The average molecular weight is 392 g/mol. The van der Waals surface area contributed by atoms with Gasteiger partial charge in [0.2, 0.25) is 6.79 Å². The highest BCUT2D eigenvalue weighted by Crippen LogP contribution is 2.36. The summed E-state index contributed by atoms with van der Waals surface area (Å²) in [6.07, 6.45) is 3.55. The highest BCUT2D eigenvalue weighted by Gasteiger charge is 2.27. The third kappa shape index (κ3) is 3.35. The molecule has 3 heterocycles. The van der Waals surface area contributed by atoms with Crippen LogP contribution < -0.4 is 19.5 Å². The van der Waals surface area contributed by atoms with Crippen molar-refractivity contribution in [2.75, 3.05) is 13.3 Å². The van der Waals surface area contributed by atoms with Gasteiger partial charge in [-0.25, -0.2) is 4.39 Å². The zero-order valence-corrected chi connectivity index (χ0v) is 15.4. The SMILES string of the molecule is O=C(NC[C@@H]1Cc2cc(-c3cccnc3)cc(F)c2O1)c1ccc2c(c1)OCO2. The predicted octanol–water partition coefficient (Wildman–Crippen LogP) is 3.35. The lowest BCUT2D eigenvalue weighted by molar-refractivity contribution is 0.0932. The molecule has 3 aromatic rings. The molecule has 2 aliphatic rings. The van der Waals surface area contributed by atoms with Crippen LogP contribution >= 0.6 is 0 Å². The third-order valence-corrected chi connectivity index (χ3v) is 4.97. The Kier molecular flexibility index (Phi) is 4.27. The van der Waals surface area contributed by atoms with Crippen molar-refractivity contribution >= 4 is 5.91 Å². The van der Waals surface area contributed by atoms with Crippen molar-refractivity contribution in [2.24, 2.45) is 0 Å². The Morgan fingerprint density at radius 1 is 1.14 bits per heavy atom. The average Bonchev–Trinajstić information content (AvgIpc) is 3.39. The van der Waals surface area contributed by atoms with Crippen molar-refractivity contribution in [2.45, 2.75) is 12.5 Å². The molecule has 0 saturated heterocycles. The molecule has 0 saturated carbocycles. The number of amides is 1. The summed E-state index contributed by atoms with van der Waals surface area (Å²) in [4.78, 5) is 16.5. The molecule has 0 radical (unpaired) electrons. The minimum Gasteiger partial charge on any atom is -0.485 e. The fourth-order valence-corrected chi connectivity index (χ4v) is 3.55. The van der Waals surface area contributed by atoms with E-state index in [1.807, 2.05) is 18.2 Å². The first-order valence-electron chi connectivity index (χ1n) is 9.25. The van der Waals surface area contributed by atoms with Crippen LogP contribution in [0.25, 0.3) is 11.1 Å². The summed E-state index contributed by atoms with van der Waals surface area (Å²) in [5, 5.41) is 2.84. The Bertz CT molecular complexity index is 1090. The van der Waals surface area contributed by atoms with Crippen LogP contribution in [0.15, 0.2) is 54.9 Å². The molecule has 29 heavy (non-hydrogen) atoms. The second-order valence-electron chi connectivity index (χ2n) is 6.91. The van der Waals surface area contributed by atoms with Gasteiger partial charge in [-0.05, 0) is 42.0 Å². The van der Waals surface area contributed by atoms with Gasteiger partial charge in [0.15, 0.2) is 23.1 Å². The van der Waals surface area contributed by atoms with Gasteiger partial charge < -0.3 is 19.5 Å². The number of carbonyl (C=O) groups excluding carboxylic acids is 1. The summed E-state index contributed by atoms with van der Waals surface area (Å²) in [6.45, 7) is 0.421. The lowest BCUT2D eigenvalue weighted by atomic mass is 10.0. The van der Waals surface area contributed by atoms with E-state index in [2.05, 4.69) is 10.3 Å². The summed E-state index contributed by atoms with van der Waals surface area (Å²) in [7, 11) is 0. The molecule has 146 valence electrons. The molecule has 2 aromatic carbocycles. The molecule has 6 nitrogen and oxygen atoms in total. The van der Waals surface area contributed by atoms with E-state index < -0.39 is 5.82 Å². The van der Waals surface area contributed by atoms with E-state index in [0.717, 1.165) is 16.7 Å². The number of hydrogen-bond acceptors (Lipinski definition) is 5. The van der Waals surface area contributed by atoms with Crippen molar-refractivity contribution in [1.29, 1.82) is 0 Å². The maximum absolute atomic E-state index is 14.5. The Balaban J connectivity index is 1.26. The maximum Gasteiger partial charge on any atom is 0.251 e. The van der Waals surface area contributed by atoms with Gasteiger partial charge in [0.05, 0.1) is 6.54 Å². The molecule has 2 aliphatic heterocycles. The van der Waals surface area contributed by atoms with Gasteiger partial charge in [-0.2, -0.15) is 0 Å². The topological polar surface area (TPSA) is 69.7 Å². The van der Waals surface area contributed by atoms with Crippen molar-refractivity contribution in [3.8, 4) is 28.4 Å². The molecular formula is C22H17FN2O4. The van der Waals surface area contributed by atoms with Crippen LogP contribution in [0.5, 0.6) is 17.2 Å². The van der Waals surface area contributed by atoms with Crippen LogP contribution in [0, 0.1) is 5.82 Å². The maximum atomic E-state index is 14.5. The Morgan fingerprint density at radius 3 is 2.90 bits per heavy atom. The minimum absolute atomic E-state index is 0.154. The van der Waals surface area contributed by atoms with Crippen LogP contribution in [0.3, 0.4) is 0 Å². The van der Waals surface area contributed by atoms with Crippen molar-refractivity contribution in [3.05, 3.63) is 71.8 Å². The fraction of sp³-hybridized carbons (Fsp3) is 0.182. The minimum atomic E-state index is -0.411. The number of aromatic nitrogens is 1. The Morgan fingerprint density at radius 2 is 2.03 bits per heavy atom. The molecule has 0 unspecified atom stereocenters. The normalized spacial score (nSPS) is 16.2. The van der Waals surface area contributed by atoms with Gasteiger partial charge in [-0.3, -0.25) is 9.78 Å². The Labute approximate surface area is 166 Å². The van der Waals surface area contributed by atoms with E-state index >= 15 is 0 Å². The van der Waals surface area contributed by atoms with E-state index in [0.29, 0.717) is 23.5 Å². The number of pyridine rings is 1. The van der Waals surface area contributed by atoms with E-state index in [9.17, 15) is 9.18 Å². The molecule has 1 N–H and O–H groups in total. The second kappa shape index (κ2) is 7.09. The second-order valence-corrected chi connectivity index (χ2v) is 6.91. The van der Waals surface area contributed by atoms with Gasteiger partial charge in [0.1, 0.15) is 6.10 Å². The summed E-state index contributed by atoms with van der Waals surface area (Å²) in [5.41, 5.74) is 2.85. The summed E-state index contributed by atoms with van der Waals surface area (Å²) in [6, 6.07) is 12.1. The number of nitrogens with zero attached hydrogens (tertiary/aromatic N) is 1. The summed E-state index contributed by atoms with van der Waals surface area (Å²) in [5.74, 6) is 0.758. The van der Waals surface area contributed by atoms with Gasteiger partial charge in [0, 0.05) is 35.5 Å². The largest absolute Gasteiger partial charge is 0.485 e. The standard InChI is InChI=1S/C22H17FN2O4/c23-18-8-15(14-2-1-5-24-10-14)6-16-7-17(29-21(16)18)11-25-22(26)13-3-4-19-20(9-13)28-12-27-19/h1-6,8-10,17H,7,11-12H2,(H,25,26)/t17-/m0/s1. The number of halogens is 1. The molecule has 1 atom stereocenters. The van der Waals surface area contributed by atoms with E-state index in [-0.39, 0.29) is 31.1 Å². The monoisotopic (exact) mass is 392 g/mol. The third-order valence-electron chi connectivity index (χ3n) is 4.97. The van der Waals surface area contributed by atoms with Crippen molar-refractivity contribution in [1.82, 2.24) is 10.3 Å². The molecule has 0 fully saturated rings. The number of ether oxygens (including phenoxy) is 3. The lowest BCUT2D eigenvalue weighted by Crippen LogP contribution is -2.34. The van der Waals surface area contributed by atoms with Crippen molar-refractivity contribution < 1.29 is 23.4 Å². The number of hydrogen-bond donors (Lipinski definition) is 1. The number of carbonyl (C=O) groups is 1. The zero-order valence-electron chi connectivity index (χ0n) is 15.4. The van der Waals surface area contributed by atoms with E-state index in [1.165, 1.54) is 6.07 Å². The van der Waals surface area contributed by atoms with Crippen LogP contribution in [-0.4, -0.2) is 30.3 Å². The van der Waals surface area contributed by atoms with E-state index in [1.54, 1.807) is 30.6 Å². The molecule has 7 heteroatoms.